The Labute approximate surface area is 131 Å². The molecule has 3 aromatic carbocycles. The van der Waals surface area contributed by atoms with Gasteiger partial charge in [0.2, 0.25) is 0 Å². The summed E-state index contributed by atoms with van der Waals surface area (Å²) in [5, 5.41) is 3.81. The molecule has 1 aliphatic rings. The van der Waals surface area contributed by atoms with Crippen LogP contribution >= 0.6 is 0 Å². The molecular formula is C21H19N. The van der Waals surface area contributed by atoms with Gasteiger partial charge in [0.25, 0.3) is 0 Å². The zero-order chi connectivity index (χ0) is 14.9. The molecular weight excluding hydrogens is 266 g/mol. The highest BCUT2D eigenvalue weighted by molar-refractivity contribution is 5.78. The van der Waals surface area contributed by atoms with Crippen LogP contribution in [0.5, 0.6) is 0 Å². The van der Waals surface area contributed by atoms with E-state index in [-0.39, 0.29) is 6.04 Å². The molecule has 0 fully saturated rings. The standard InChI is InChI=1S/C21H19N/c1-15(16-9-3-2-4-10-16)22-21-19-13-7-5-11-17(19)18-12-6-8-14-20(18)21/h2-15,21-22H,1H3/t15-/m0/s1. The Hall–Kier alpha value is -2.38. The predicted molar refractivity (Wildman–Crippen MR) is 91.7 cm³/mol. The zero-order valence-corrected chi connectivity index (χ0v) is 12.7. The number of rotatable bonds is 3. The number of hydrogen-bond donors (Lipinski definition) is 1. The monoisotopic (exact) mass is 285 g/mol. The lowest BCUT2D eigenvalue weighted by molar-refractivity contribution is 0.523. The van der Waals surface area contributed by atoms with Crippen LogP contribution in [-0.4, -0.2) is 0 Å². The second-order valence-electron chi connectivity index (χ2n) is 5.91. The third-order valence-corrected chi connectivity index (χ3v) is 4.55. The van der Waals surface area contributed by atoms with Crippen LogP contribution in [0.15, 0.2) is 78.9 Å². The van der Waals surface area contributed by atoms with Gasteiger partial charge in [-0.1, -0.05) is 78.9 Å². The molecule has 1 heteroatoms. The molecule has 4 rings (SSSR count). The Bertz CT molecular complexity index is 746. The van der Waals surface area contributed by atoms with Crippen molar-refractivity contribution >= 4 is 0 Å². The summed E-state index contributed by atoms with van der Waals surface area (Å²) in [4.78, 5) is 0. The molecule has 0 radical (unpaired) electrons. The highest BCUT2D eigenvalue weighted by Crippen LogP contribution is 2.43. The summed E-state index contributed by atoms with van der Waals surface area (Å²) in [7, 11) is 0. The molecule has 1 nitrogen and oxygen atoms in total. The highest BCUT2D eigenvalue weighted by Gasteiger charge is 2.28. The quantitative estimate of drug-likeness (QED) is 0.705. The van der Waals surface area contributed by atoms with Gasteiger partial charge in [0.05, 0.1) is 6.04 Å². The summed E-state index contributed by atoms with van der Waals surface area (Å²) >= 11 is 0. The van der Waals surface area contributed by atoms with Gasteiger partial charge in [-0.15, -0.1) is 0 Å². The summed E-state index contributed by atoms with van der Waals surface area (Å²) < 4.78 is 0. The van der Waals surface area contributed by atoms with Crippen molar-refractivity contribution in [3.8, 4) is 11.1 Å². The third-order valence-electron chi connectivity index (χ3n) is 4.55. The van der Waals surface area contributed by atoms with Crippen LogP contribution < -0.4 is 5.32 Å². The van der Waals surface area contributed by atoms with Crippen LogP contribution in [0.4, 0.5) is 0 Å². The molecule has 1 N–H and O–H groups in total. The van der Waals surface area contributed by atoms with Gasteiger partial charge in [-0.3, -0.25) is 5.32 Å². The topological polar surface area (TPSA) is 12.0 Å². The molecule has 0 aliphatic heterocycles. The third kappa shape index (κ3) is 2.15. The molecule has 22 heavy (non-hydrogen) atoms. The Morgan fingerprint density at radius 3 is 1.77 bits per heavy atom. The van der Waals surface area contributed by atoms with Gasteiger partial charge in [0.15, 0.2) is 0 Å². The van der Waals surface area contributed by atoms with E-state index in [1.165, 1.54) is 27.8 Å². The van der Waals surface area contributed by atoms with E-state index < -0.39 is 0 Å². The van der Waals surface area contributed by atoms with Crippen LogP contribution in [0, 0.1) is 0 Å². The molecule has 0 heterocycles. The summed E-state index contributed by atoms with van der Waals surface area (Å²) in [5.41, 5.74) is 6.80. The van der Waals surface area contributed by atoms with E-state index in [1.807, 2.05) is 0 Å². The number of benzene rings is 3. The minimum absolute atomic E-state index is 0.266. The van der Waals surface area contributed by atoms with E-state index in [4.69, 9.17) is 0 Å². The van der Waals surface area contributed by atoms with E-state index in [2.05, 4.69) is 91.1 Å². The summed E-state index contributed by atoms with van der Waals surface area (Å²) in [6.45, 7) is 2.24. The lowest BCUT2D eigenvalue weighted by Crippen LogP contribution is -2.24. The number of nitrogens with one attached hydrogen (secondary N) is 1. The van der Waals surface area contributed by atoms with Crippen LogP contribution in [0.3, 0.4) is 0 Å². The number of fused-ring (bicyclic) bond motifs is 3. The fourth-order valence-corrected chi connectivity index (χ4v) is 3.42. The maximum absolute atomic E-state index is 3.81. The van der Waals surface area contributed by atoms with Crippen LogP contribution in [0.25, 0.3) is 11.1 Å². The second kappa shape index (κ2) is 5.43. The molecule has 108 valence electrons. The van der Waals surface area contributed by atoms with E-state index >= 15 is 0 Å². The molecule has 0 bridgehead atoms. The van der Waals surface area contributed by atoms with Gasteiger partial charge in [-0.05, 0) is 34.7 Å². The summed E-state index contributed by atoms with van der Waals surface area (Å²) in [6.07, 6.45) is 0. The normalized spacial score (nSPS) is 14.4. The molecule has 0 aromatic heterocycles. The summed E-state index contributed by atoms with van der Waals surface area (Å²) in [5.74, 6) is 0. The largest absolute Gasteiger partial charge is 0.300 e. The smallest absolute Gasteiger partial charge is 0.0593 e. The fraction of sp³-hybridized carbons (Fsp3) is 0.143. The molecule has 0 saturated carbocycles. The van der Waals surface area contributed by atoms with Gasteiger partial charge in [-0.25, -0.2) is 0 Å². The first-order chi connectivity index (χ1) is 10.8. The Morgan fingerprint density at radius 2 is 1.18 bits per heavy atom. The van der Waals surface area contributed by atoms with E-state index in [0.717, 1.165) is 0 Å². The fourth-order valence-electron chi connectivity index (χ4n) is 3.42. The van der Waals surface area contributed by atoms with E-state index in [0.29, 0.717) is 6.04 Å². The lowest BCUT2D eigenvalue weighted by atomic mass is 10.0. The zero-order valence-electron chi connectivity index (χ0n) is 12.7. The van der Waals surface area contributed by atoms with Crippen molar-refractivity contribution in [1.29, 1.82) is 0 Å². The molecule has 1 aliphatic carbocycles. The van der Waals surface area contributed by atoms with Gasteiger partial charge >= 0.3 is 0 Å². The summed E-state index contributed by atoms with van der Waals surface area (Å²) in [6, 6.07) is 28.7. The molecule has 0 amide bonds. The van der Waals surface area contributed by atoms with Crippen molar-refractivity contribution in [3.63, 3.8) is 0 Å². The molecule has 0 spiro atoms. The minimum Gasteiger partial charge on any atom is -0.300 e. The van der Waals surface area contributed by atoms with Crippen molar-refractivity contribution in [3.05, 3.63) is 95.6 Å². The molecule has 0 saturated heterocycles. The van der Waals surface area contributed by atoms with Gasteiger partial charge in [-0.2, -0.15) is 0 Å². The van der Waals surface area contributed by atoms with Crippen molar-refractivity contribution in [1.82, 2.24) is 5.32 Å². The van der Waals surface area contributed by atoms with Crippen molar-refractivity contribution in [2.75, 3.05) is 0 Å². The van der Waals surface area contributed by atoms with E-state index in [9.17, 15) is 0 Å². The van der Waals surface area contributed by atoms with Crippen molar-refractivity contribution in [2.24, 2.45) is 0 Å². The first-order valence-corrected chi connectivity index (χ1v) is 7.84. The predicted octanol–water partition coefficient (Wildman–Crippen LogP) is 5.11. The highest BCUT2D eigenvalue weighted by atomic mass is 15.0. The molecule has 0 unspecified atom stereocenters. The first kappa shape index (κ1) is 13.3. The average molecular weight is 285 g/mol. The molecule has 1 atom stereocenters. The van der Waals surface area contributed by atoms with Crippen molar-refractivity contribution in [2.45, 2.75) is 19.0 Å². The van der Waals surface area contributed by atoms with Gasteiger partial charge in [0, 0.05) is 6.04 Å². The van der Waals surface area contributed by atoms with Gasteiger partial charge < -0.3 is 0 Å². The van der Waals surface area contributed by atoms with Gasteiger partial charge in [0.1, 0.15) is 0 Å². The van der Waals surface area contributed by atoms with Crippen molar-refractivity contribution < 1.29 is 0 Å². The molecule has 3 aromatic rings. The Morgan fingerprint density at radius 1 is 0.682 bits per heavy atom. The van der Waals surface area contributed by atoms with Crippen LogP contribution in [0.2, 0.25) is 0 Å². The Kier molecular flexibility index (Phi) is 3.28. The maximum atomic E-state index is 3.81. The minimum atomic E-state index is 0.266. The average Bonchev–Trinajstić information content (AvgIpc) is 2.90. The maximum Gasteiger partial charge on any atom is 0.0593 e. The van der Waals surface area contributed by atoms with Crippen LogP contribution in [0.1, 0.15) is 35.7 Å². The lowest BCUT2D eigenvalue weighted by Gasteiger charge is -2.22. The SMILES string of the molecule is C[C@H](NC1c2ccccc2-c2ccccc21)c1ccccc1. The Balaban J connectivity index is 1.73. The van der Waals surface area contributed by atoms with Crippen LogP contribution in [-0.2, 0) is 0 Å². The number of hydrogen-bond acceptors (Lipinski definition) is 1. The first-order valence-electron chi connectivity index (χ1n) is 7.84. The second-order valence-corrected chi connectivity index (χ2v) is 5.91. The van der Waals surface area contributed by atoms with E-state index in [1.54, 1.807) is 0 Å².